The Labute approximate surface area is 119 Å². The van der Waals surface area contributed by atoms with Gasteiger partial charge in [-0.2, -0.15) is 13.2 Å². The number of hydrogen-bond acceptors (Lipinski definition) is 3. The van der Waals surface area contributed by atoms with E-state index in [9.17, 15) is 18.0 Å². The summed E-state index contributed by atoms with van der Waals surface area (Å²) in [5.74, 6) is -3.44. The van der Waals surface area contributed by atoms with Crippen molar-refractivity contribution in [3.63, 3.8) is 0 Å². The molecule has 0 atom stereocenters. The Morgan fingerprint density at radius 2 is 2.05 bits per heavy atom. The highest BCUT2D eigenvalue weighted by Gasteiger charge is 2.41. The molecular weight excluding hydrogens is 343 g/mol. The molecule has 0 fully saturated rings. The lowest BCUT2D eigenvalue weighted by atomic mass is 10.1. The molecule has 4 nitrogen and oxygen atoms in total. The SMILES string of the molecule is Cc1cccc(-c2nc(C(F)(F)F)c(C(=O)O)o2)c1Br. The Morgan fingerprint density at radius 3 is 2.55 bits per heavy atom. The first-order valence-electron chi connectivity index (χ1n) is 5.28. The molecule has 106 valence electrons. The van der Waals surface area contributed by atoms with E-state index in [1.54, 1.807) is 19.1 Å². The lowest BCUT2D eigenvalue weighted by Gasteiger charge is -2.02. The predicted octanol–water partition coefficient (Wildman–Crippen LogP) is 4.13. The third-order valence-electron chi connectivity index (χ3n) is 2.51. The number of benzene rings is 1. The average Bonchev–Trinajstić information content (AvgIpc) is 2.77. The van der Waals surface area contributed by atoms with Gasteiger partial charge >= 0.3 is 12.1 Å². The van der Waals surface area contributed by atoms with Gasteiger partial charge in [0, 0.05) is 4.47 Å². The molecule has 0 aliphatic rings. The van der Waals surface area contributed by atoms with Gasteiger partial charge in [-0.05, 0) is 34.5 Å². The minimum absolute atomic E-state index is 0.253. The summed E-state index contributed by atoms with van der Waals surface area (Å²) < 4.78 is 43.4. The molecule has 2 rings (SSSR count). The minimum atomic E-state index is -4.90. The molecule has 0 saturated carbocycles. The fourth-order valence-corrected chi connectivity index (χ4v) is 2.02. The van der Waals surface area contributed by atoms with Crippen LogP contribution < -0.4 is 0 Å². The van der Waals surface area contributed by atoms with Gasteiger partial charge in [0.25, 0.3) is 0 Å². The molecule has 0 saturated heterocycles. The molecule has 0 unspecified atom stereocenters. The van der Waals surface area contributed by atoms with Crippen LogP contribution in [0.5, 0.6) is 0 Å². The molecule has 1 aromatic heterocycles. The molecule has 8 heteroatoms. The standard InChI is InChI=1S/C12H7BrF3NO3/c1-5-3-2-4-6(7(5)13)10-17-9(12(14,15)16)8(20-10)11(18)19/h2-4H,1H3,(H,18,19). The molecule has 0 aliphatic heterocycles. The number of nitrogens with zero attached hydrogens (tertiary/aromatic N) is 1. The van der Waals surface area contributed by atoms with Crippen LogP contribution in [0.25, 0.3) is 11.5 Å². The largest absolute Gasteiger partial charge is 0.475 e. The Balaban J connectivity index is 2.65. The number of carboxylic acid groups (broad SMARTS) is 1. The zero-order valence-electron chi connectivity index (χ0n) is 9.95. The van der Waals surface area contributed by atoms with Crippen molar-refractivity contribution < 1.29 is 27.5 Å². The lowest BCUT2D eigenvalue weighted by molar-refractivity contribution is -0.141. The molecule has 20 heavy (non-hydrogen) atoms. The Bertz CT molecular complexity index is 679. The molecule has 1 N–H and O–H groups in total. The van der Waals surface area contributed by atoms with Crippen molar-refractivity contribution >= 4 is 21.9 Å². The minimum Gasteiger partial charge on any atom is -0.475 e. The summed E-state index contributed by atoms with van der Waals surface area (Å²) >= 11 is 3.21. The quantitative estimate of drug-likeness (QED) is 0.885. The van der Waals surface area contributed by atoms with Crippen LogP contribution in [-0.4, -0.2) is 16.1 Å². The summed E-state index contributed by atoms with van der Waals surface area (Å²) in [5, 5.41) is 8.77. The van der Waals surface area contributed by atoms with Crippen LogP contribution in [0.3, 0.4) is 0 Å². The molecule has 0 radical (unpaired) electrons. The zero-order chi connectivity index (χ0) is 15.1. The van der Waals surface area contributed by atoms with E-state index in [-0.39, 0.29) is 5.56 Å². The van der Waals surface area contributed by atoms with Gasteiger partial charge in [-0.15, -0.1) is 0 Å². The molecule has 0 amide bonds. The van der Waals surface area contributed by atoms with Crippen molar-refractivity contribution in [1.82, 2.24) is 4.98 Å². The van der Waals surface area contributed by atoms with E-state index in [0.29, 0.717) is 4.47 Å². The van der Waals surface area contributed by atoms with Crippen LogP contribution >= 0.6 is 15.9 Å². The Kier molecular flexibility index (Phi) is 3.59. The number of aromatic nitrogens is 1. The van der Waals surface area contributed by atoms with Crippen LogP contribution in [0.2, 0.25) is 0 Å². The van der Waals surface area contributed by atoms with Crippen molar-refractivity contribution in [3.05, 3.63) is 39.7 Å². The number of carbonyl (C=O) groups is 1. The van der Waals surface area contributed by atoms with Gasteiger partial charge in [-0.3, -0.25) is 0 Å². The third-order valence-corrected chi connectivity index (χ3v) is 3.56. The molecule has 2 aromatic rings. The van der Waals surface area contributed by atoms with E-state index in [2.05, 4.69) is 20.9 Å². The molecule has 1 aromatic carbocycles. The number of aromatic carboxylic acids is 1. The van der Waals surface area contributed by atoms with Gasteiger partial charge in [-0.25, -0.2) is 9.78 Å². The van der Waals surface area contributed by atoms with E-state index in [1.165, 1.54) is 6.07 Å². The van der Waals surface area contributed by atoms with Crippen molar-refractivity contribution in [2.45, 2.75) is 13.1 Å². The third kappa shape index (κ3) is 2.55. The summed E-state index contributed by atoms with van der Waals surface area (Å²) in [6.45, 7) is 1.74. The maximum atomic E-state index is 12.7. The molecule has 0 aliphatic carbocycles. The molecule has 0 spiro atoms. The monoisotopic (exact) mass is 349 g/mol. The summed E-state index contributed by atoms with van der Waals surface area (Å²) in [7, 11) is 0. The van der Waals surface area contributed by atoms with E-state index in [1.807, 2.05) is 0 Å². The molecule has 0 bridgehead atoms. The van der Waals surface area contributed by atoms with Crippen LogP contribution in [0.4, 0.5) is 13.2 Å². The zero-order valence-corrected chi connectivity index (χ0v) is 11.5. The second kappa shape index (κ2) is 4.93. The van der Waals surface area contributed by atoms with Crippen LogP contribution in [-0.2, 0) is 6.18 Å². The van der Waals surface area contributed by atoms with Gasteiger partial charge in [0.15, 0.2) is 5.69 Å². The second-order valence-electron chi connectivity index (χ2n) is 3.94. The maximum Gasteiger partial charge on any atom is 0.437 e. The van der Waals surface area contributed by atoms with Crippen molar-refractivity contribution in [3.8, 4) is 11.5 Å². The fourth-order valence-electron chi connectivity index (χ4n) is 1.59. The van der Waals surface area contributed by atoms with Gasteiger partial charge < -0.3 is 9.52 Å². The fraction of sp³-hybridized carbons (Fsp3) is 0.167. The van der Waals surface area contributed by atoms with Crippen molar-refractivity contribution in [2.75, 3.05) is 0 Å². The average molecular weight is 350 g/mol. The molecule has 1 heterocycles. The van der Waals surface area contributed by atoms with Crippen molar-refractivity contribution in [1.29, 1.82) is 0 Å². The summed E-state index contributed by atoms with van der Waals surface area (Å²) in [5.41, 5.74) is -0.539. The number of hydrogen-bond donors (Lipinski definition) is 1. The lowest BCUT2D eigenvalue weighted by Crippen LogP contribution is -2.11. The number of halogens is 4. The molecular formula is C12H7BrF3NO3. The Morgan fingerprint density at radius 1 is 1.40 bits per heavy atom. The van der Waals surface area contributed by atoms with E-state index in [4.69, 9.17) is 9.52 Å². The highest BCUT2D eigenvalue weighted by Crippen LogP contribution is 2.36. The van der Waals surface area contributed by atoms with Gasteiger partial charge in [0.2, 0.25) is 11.7 Å². The Hall–Kier alpha value is -1.83. The van der Waals surface area contributed by atoms with E-state index >= 15 is 0 Å². The number of oxazole rings is 1. The summed E-state index contributed by atoms with van der Waals surface area (Å²) in [6.07, 6.45) is -4.90. The topological polar surface area (TPSA) is 63.3 Å². The van der Waals surface area contributed by atoms with E-state index < -0.39 is 29.5 Å². The normalized spacial score (nSPS) is 11.7. The highest BCUT2D eigenvalue weighted by atomic mass is 79.9. The predicted molar refractivity (Wildman–Crippen MR) is 66.3 cm³/mol. The first kappa shape index (κ1) is 14.6. The number of aryl methyl sites for hydroxylation is 1. The smallest absolute Gasteiger partial charge is 0.437 e. The van der Waals surface area contributed by atoms with Gasteiger partial charge in [0.1, 0.15) is 0 Å². The van der Waals surface area contributed by atoms with Crippen molar-refractivity contribution in [2.24, 2.45) is 0 Å². The van der Waals surface area contributed by atoms with Crippen LogP contribution in [0.1, 0.15) is 21.8 Å². The maximum absolute atomic E-state index is 12.7. The number of rotatable bonds is 2. The van der Waals surface area contributed by atoms with Crippen LogP contribution in [0.15, 0.2) is 27.1 Å². The van der Waals surface area contributed by atoms with Crippen LogP contribution in [0, 0.1) is 6.92 Å². The highest BCUT2D eigenvalue weighted by molar-refractivity contribution is 9.10. The first-order valence-corrected chi connectivity index (χ1v) is 6.08. The first-order chi connectivity index (χ1) is 9.21. The second-order valence-corrected chi connectivity index (χ2v) is 4.73. The number of carboxylic acids is 1. The van der Waals surface area contributed by atoms with Gasteiger partial charge in [0.05, 0.1) is 5.56 Å². The number of alkyl halides is 3. The summed E-state index contributed by atoms with van der Waals surface area (Å²) in [4.78, 5) is 14.1. The van der Waals surface area contributed by atoms with Gasteiger partial charge in [-0.1, -0.05) is 12.1 Å². The van der Waals surface area contributed by atoms with E-state index in [0.717, 1.165) is 5.56 Å². The summed E-state index contributed by atoms with van der Waals surface area (Å²) in [6, 6.07) is 4.82.